The molecule has 13 nitrogen and oxygen atoms in total. The molecule has 0 bridgehead atoms. The largest absolute Gasteiger partial charge is 0.491 e. The lowest BCUT2D eigenvalue weighted by atomic mass is 10.0. The highest BCUT2D eigenvalue weighted by atomic mass is 19.4. The van der Waals surface area contributed by atoms with Crippen LogP contribution in [-0.4, -0.2) is 88.9 Å². The molecule has 45 heavy (non-hydrogen) atoms. The Hall–Kier alpha value is -5.28. The van der Waals surface area contributed by atoms with Crippen LogP contribution < -0.4 is 25.2 Å². The molecule has 0 radical (unpaired) electrons. The molecule has 0 spiro atoms. The number of nitrogens with zero attached hydrogens (tertiary/aromatic N) is 6. The van der Waals surface area contributed by atoms with Crippen molar-refractivity contribution in [2.45, 2.75) is 25.1 Å². The summed E-state index contributed by atoms with van der Waals surface area (Å²) in [5.41, 5.74) is -0.590. The first-order valence-corrected chi connectivity index (χ1v) is 14.2. The minimum Gasteiger partial charge on any atom is -0.491 e. The second-order valence-corrected chi connectivity index (χ2v) is 10.5. The molecule has 1 atom stereocenters. The molecule has 0 aliphatic carbocycles. The average Bonchev–Trinajstić information content (AvgIpc) is 3.29. The van der Waals surface area contributed by atoms with Crippen molar-refractivity contribution in [1.29, 1.82) is 0 Å². The van der Waals surface area contributed by atoms with Crippen molar-refractivity contribution in [2.75, 3.05) is 54.4 Å². The molecule has 16 heteroatoms. The van der Waals surface area contributed by atoms with Crippen LogP contribution in [0.2, 0.25) is 0 Å². The number of alkyl halides is 3. The van der Waals surface area contributed by atoms with E-state index in [1.807, 2.05) is 9.80 Å². The molecule has 4 amide bonds. The fraction of sp³-hybridized carbons (Fsp3) is 0.345. The van der Waals surface area contributed by atoms with Crippen LogP contribution >= 0.6 is 0 Å². The topological polar surface area (TPSA) is 150 Å². The van der Waals surface area contributed by atoms with Crippen LogP contribution in [0.15, 0.2) is 48.8 Å². The zero-order valence-corrected chi connectivity index (χ0v) is 23.7. The van der Waals surface area contributed by atoms with Gasteiger partial charge in [0.1, 0.15) is 30.0 Å². The summed E-state index contributed by atoms with van der Waals surface area (Å²) in [5, 5.41) is 5.31. The molecule has 2 aromatic heterocycles. The molecule has 3 aliphatic heterocycles. The van der Waals surface area contributed by atoms with Crippen LogP contribution in [0, 0.1) is 0 Å². The quantitative estimate of drug-likeness (QED) is 0.280. The fourth-order valence-corrected chi connectivity index (χ4v) is 5.42. The predicted octanol–water partition coefficient (Wildman–Crippen LogP) is 2.11. The van der Waals surface area contributed by atoms with E-state index in [0.717, 1.165) is 17.2 Å². The number of pyridine rings is 1. The van der Waals surface area contributed by atoms with Gasteiger partial charge in [-0.2, -0.15) is 18.2 Å². The Balaban J connectivity index is 1.02. The second kappa shape index (κ2) is 12.0. The van der Waals surface area contributed by atoms with Crippen molar-refractivity contribution in [3.05, 3.63) is 65.5 Å². The van der Waals surface area contributed by atoms with Gasteiger partial charge in [0.25, 0.3) is 11.8 Å². The van der Waals surface area contributed by atoms with Gasteiger partial charge in [0.15, 0.2) is 0 Å². The number of amides is 4. The maximum atomic E-state index is 13.2. The molecule has 2 saturated heterocycles. The summed E-state index contributed by atoms with van der Waals surface area (Å²) in [7, 11) is 0. The highest BCUT2D eigenvalue weighted by Crippen LogP contribution is 2.34. The van der Waals surface area contributed by atoms with Gasteiger partial charge in [-0.25, -0.2) is 9.97 Å². The van der Waals surface area contributed by atoms with Gasteiger partial charge >= 0.3 is 6.18 Å². The lowest BCUT2D eigenvalue weighted by Gasteiger charge is -2.35. The van der Waals surface area contributed by atoms with Crippen LogP contribution in [0.1, 0.15) is 39.1 Å². The molecular formula is C29H27F3N8O5. The summed E-state index contributed by atoms with van der Waals surface area (Å²) >= 11 is 0. The predicted molar refractivity (Wildman–Crippen MR) is 153 cm³/mol. The number of aromatic nitrogens is 3. The molecule has 234 valence electrons. The van der Waals surface area contributed by atoms with E-state index in [9.17, 15) is 32.3 Å². The Bertz CT molecular complexity index is 1640. The second-order valence-electron chi connectivity index (χ2n) is 10.5. The first-order valence-electron chi connectivity index (χ1n) is 14.2. The number of anilines is 3. The Kier molecular flexibility index (Phi) is 7.95. The normalized spacial score (nSPS) is 18.6. The van der Waals surface area contributed by atoms with E-state index >= 15 is 0 Å². The molecule has 6 rings (SSSR count). The standard InChI is InChI=1S/C29H27F3N8O5/c30-29(31,32)17-4-6-22(35-16-17)38-11-13-39(14-12-38)28-34-9-8-21(36-28)33-10-15-45-20-3-1-2-18-24(20)27(44)40(26(18)43)19-5-7-23(41)37-25(19)42/h1-4,6,8-9,16,19H,5,7,10-15H2,(H,33,34,36)(H,37,41,42). The summed E-state index contributed by atoms with van der Waals surface area (Å²) in [6.45, 7) is 2.54. The Morgan fingerprint density at radius 3 is 2.44 bits per heavy atom. The van der Waals surface area contributed by atoms with Crippen LogP contribution in [0.3, 0.4) is 0 Å². The Labute approximate surface area is 254 Å². The van der Waals surface area contributed by atoms with Gasteiger partial charge in [0, 0.05) is 45.0 Å². The van der Waals surface area contributed by atoms with Crippen LogP contribution in [0.25, 0.3) is 0 Å². The van der Waals surface area contributed by atoms with Crippen molar-refractivity contribution >= 4 is 41.2 Å². The van der Waals surface area contributed by atoms with Gasteiger partial charge in [-0.05, 0) is 36.8 Å². The van der Waals surface area contributed by atoms with Crippen LogP contribution in [-0.2, 0) is 15.8 Å². The fourth-order valence-electron chi connectivity index (χ4n) is 5.42. The maximum absolute atomic E-state index is 13.2. The highest BCUT2D eigenvalue weighted by molar-refractivity contribution is 6.24. The zero-order chi connectivity index (χ0) is 31.7. The molecule has 1 unspecified atom stereocenters. The van der Waals surface area contributed by atoms with Crippen molar-refractivity contribution in [2.24, 2.45) is 0 Å². The van der Waals surface area contributed by atoms with Gasteiger partial charge in [-0.15, -0.1) is 0 Å². The lowest BCUT2D eigenvalue weighted by Crippen LogP contribution is -2.54. The van der Waals surface area contributed by atoms with E-state index in [1.165, 1.54) is 12.1 Å². The van der Waals surface area contributed by atoms with Crippen molar-refractivity contribution in [3.8, 4) is 5.75 Å². The molecule has 3 aromatic rings. The smallest absolute Gasteiger partial charge is 0.417 e. The average molecular weight is 625 g/mol. The summed E-state index contributed by atoms with van der Waals surface area (Å²) in [5.74, 6) is -0.708. The number of imide groups is 2. The van der Waals surface area contributed by atoms with Crippen molar-refractivity contribution in [3.63, 3.8) is 0 Å². The van der Waals surface area contributed by atoms with Crippen molar-refractivity contribution in [1.82, 2.24) is 25.2 Å². The molecular weight excluding hydrogens is 597 g/mol. The van der Waals surface area contributed by atoms with Gasteiger partial charge in [0.2, 0.25) is 17.8 Å². The summed E-state index contributed by atoms with van der Waals surface area (Å²) < 4.78 is 44.4. The number of nitrogens with one attached hydrogen (secondary N) is 2. The van der Waals surface area contributed by atoms with Gasteiger partial charge < -0.3 is 19.9 Å². The molecule has 3 aliphatic rings. The molecule has 5 heterocycles. The van der Waals surface area contributed by atoms with Gasteiger partial charge in [0.05, 0.1) is 23.2 Å². The number of rotatable bonds is 8. The molecule has 2 N–H and O–H groups in total. The molecule has 0 saturated carbocycles. The Morgan fingerprint density at radius 2 is 1.73 bits per heavy atom. The van der Waals surface area contributed by atoms with E-state index in [-0.39, 0.29) is 36.3 Å². The number of ether oxygens (including phenoxy) is 1. The number of carbonyl (C=O) groups excluding carboxylic acids is 4. The summed E-state index contributed by atoms with van der Waals surface area (Å²) in [4.78, 5) is 67.7. The third-order valence-corrected chi connectivity index (χ3v) is 7.70. The Morgan fingerprint density at radius 1 is 0.956 bits per heavy atom. The monoisotopic (exact) mass is 624 g/mol. The molecule has 1 aromatic carbocycles. The maximum Gasteiger partial charge on any atom is 0.417 e. The van der Waals surface area contributed by atoms with Gasteiger partial charge in [-0.3, -0.25) is 29.4 Å². The number of hydrogen-bond donors (Lipinski definition) is 2. The van der Waals surface area contributed by atoms with E-state index in [2.05, 4.69) is 25.6 Å². The number of hydrogen-bond acceptors (Lipinski definition) is 11. The SMILES string of the molecule is O=C1CCC(N2C(=O)c3cccc(OCCNc4ccnc(N5CCN(c6ccc(C(F)(F)F)cn6)CC5)n4)c3C2=O)C(=O)N1. The number of carbonyl (C=O) groups is 4. The molecule has 2 fully saturated rings. The third kappa shape index (κ3) is 6.07. The first-order chi connectivity index (χ1) is 21.6. The van der Waals surface area contributed by atoms with Gasteiger partial charge in [-0.1, -0.05) is 6.07 Å². The summed E-state index contributed by atoms with van der Waals surface area (Å²) in [6.07, 6.45) is -1.91. The van der Waals surface area contributed by atoms with Crippen molar-refractivity contribution < 1.29 is 37.1 Å². The number of benzene rings is 1. The minimum atomic E-state index is -4.44. The highest BCUT2D eigenvalue weighted by Gasteiger charge is 2.46. The number of fused-ring (bicyclic) bond motifs is 1. The number of halogens is 3. The number of piperidine rings is 1. The van der Waals surface area contributed by atoms with E-state index < -0.39 is 41.4 Å². The van der Waals surface area contributed by atoms with Crippen LogP contribution in [0.5, 0.6) is 5.75 Å². The lowest BCUT2D eigenvalue weighted by molar-refractivity contribution is -0.138. The third-order valence-electron chi connectivity index (χ3n) is 7.70. The van der Waals surface area contributed by atoms with Crippen LogP contribution in [0.4, 0.5) is 30.8 Å². The first kappa shape index (κ1) is 29.8. The zero-order valence-electron chi connectivity index (χ0n) is 23.7. The minimum absolute atomic E-state index is 0.0278. The summed E-state index contributed by atoms with van der Waals surface area (Å²) in [6, 6.07) is 7.66. The van der Waals surface area contributed by atoms with E-state index in [1.54, 1.807) is 24.4 Å². The van der Waals surface area contributed by atoms with E-state index in [0.29, 0.717) is 50.3 Å². The van der Waals surface area contributed by atoms with E-state index in [4.69, 9.17) is 4.74 Å². The number of piperazine rings is 1.